The van der Waals surface area contributed by atoms with E-state index in [0.29, 0.717) is 12.1 Å². The Balaban J connectivity index is 1.44. The minimum absolute atomic E-state index is 0.0627. The van der Waals surface area contributed by atoms with Crippen LogP contribution in [-0.4, -0.2) is 43.5 Å². The zero-order chi connectivity index (χ0) is 17.6. The van der Waals surface area contributed by atoms with E-state index in [1.165, 1.54) is 17.3 Å². The van der Waals surface area contributed by atoms with E-state index >= 15 is 0 Å². The standard InChI is InChI=1S/C20H24FN3O/c1-16-5-4-7-18(13-16)24-11-9-23(10-12-24)15-20(25)22-14-17-6-2-3-8-19(17)21/h2-8,13H,9-12,14-15H2,1H3,(H,22,25). The van der Waals surface area contributed by atoms with Crippen molar-refractivity contribution in [2.45, 2.75) is 13.5 Å². The van der Waals surface area contributed by atoms with Crippen LogP contribution in [0.15, 0.2) is 48.5 Å². The molecule has 132 valence electrons. The Kier molecular flexibility index (Phi) is 5.66. The van der Waals surface area contributed by atoms with Crippen molar-refractivity contribution in [3.63, 3.8) is 0 Å². The van der Waals surface area contributed by atoms with Crippen molar-refractivity contribution in [3.8, 4) is 0 Å². The normalized spacial score (nSPS) is 15.2. The highest BCUT2D eigenvalue weighted by Gasteiger charge is 2.19. The van der Waals surface area contributed by atoms with Gasteiger partial charge in [-0.3, -0.25) is 9.69 Å². The molecule has 25 heavy (non-hydrogen) atoms. The summed E-state index contributed by atoms with van der Waals surface area (Å²) in [4.78, 5) is 16.6. The topological polar surface area (TPSA) is 35.6 Å². The third-order valence-corrected chi connectivity index (χ3v) is 4.54. The maximum absolute atomic E-state index is 13.6. The number of benzene rings is 2. The summed E-state index contributed by atoms with van der Waals surface area (Å²) < 4.78 is 13.6. The lowest BCUT2D eigenvalue weighted by atomic mass is 10.2. The van der Waals surface area contributed by atoms with Gasteiger partial charge in [-0.05, 0) is 30.7 Å². The van der Waals surface area contributed by atoms with Gasteiger partial charge in [-0.2, -0.15) is 0 Å². The number of hydrogen-bond acceptors (Lipinski definition) is 3. The predicted octanol–water partition coefficient (Wildman–Crippen LogP) is 2.57. The summed E-state index contributed by atoms with van der Waals surface area (Å²) in [6.07, 6.45) is 0. The third-order valence-electron chi connectivity index (χ3n) is 4.54. The maximum Gasteiger partial charge on any atom is 0.234 e. The predicted molar refractivity (Wildman–Crippen MR) is 98.1 cm³/mol. The molecule has 1 aliphatic heterocycles. The highest BCUT2D eigenvalue weighted by molar-refractivity contribution is 5.78. The van der Waals surface area contributed by atoms with Crippen molar-refractivity contribution in [2.24, 2.45) is 0 Å². The van der Waals surface area contributed by atoms with E-state index in [0.717, 1.165) is 26.2 Å². The second-order valence-electron chi connectivity index (χ2n) is 6.47. The van der Waals surface area contributed by atoms with Gasteiger partial charge in [0.05, 0.1) is 6.54 Å². The summed E-state index contributed by atoms with van der Waals surface area (Å²) in [6, 6.07) is 15.0. The molecule has 0 saturated carbocycles. The van der Waals surface area contributed by atoms with Crippen molar-refractivity contribution < 1.29 is 9.18 Å². The number of halogens is 1. The first-order valence-corrected chi connectivity index (χ1v) is 8.66. The van der Waals surface area contributed by atoms with Crippen molar-refractivity contribution in [2.75, 3.05) is 37.6 Å². The molecule has 1 heterocycles. The molecule has 0 spiro atoms. The van der Waals surface area contributed by atoms with Crippen molar-refractivity contribution in [1.82, 2.24) is 10.2 Å². The quantitative estimate of drug-likeness (QED) is 0.908. The first-order valence-electron chi connectivity index (χ1n) is 8.66. The van der Waals surface area contributed by atoms with E-state index in [4.69, 9.17) is 0 Å². The SMILES string of the molecule is Cc1cccc(N2CCN(CC(=O)NCc3ccccc3F)CC2)c1. The van der Waals surface area contributed by atoms with Gasteiger partial charge in [0.2, 0.25) is 5.91 Å². The Morgan fingerprint density at radius 1 is 1.08 bits per heavy atom. The molecule has 1 fully saturated rings. The molecule has 1 amide bonds. The molecule has 0 atom stereocenters. The van der Waals surface area contributed by atoms with Crippen LogP contribution in [0.4, 0.5) is 10.1 Å². The molecule has 0 radical (unpaired) electrons. The number of amides is 1. The molecule has 3 rings (SSSR count). The summed E-state index contributed by atoms with van der Waals surface area (Å²) >= 11 is 0. The summed E-state index contributed by atoms with van der Waals surface area (Å²) in [6.45, 7) is 6.20. The number of carbonyl (C=O) groups is 1. The van der Waals surface area contributed by atoms with Crippen molar-refractivity contribution in [3.05, 3.63) is 65.5 Å². The molecular formula is C20H24FN3O. The van der Waals surface area contributed by atoms with Crippen LogP contribution in [0.25, 0.3) is 0 Å². The highest BCUT2D eigenvalue weighted by Crippen LogP contribution is 2.17. The Hall–Kier alpha value is -2.40. The molecule has 1 N–H and O–H groups in total. The number of anilines is 1. The molecule has 5 heteroatoms. The lowest BCUT2D eigenvalue weighted by Crippen LogP contribution is -2.49. The van der Waals surface area contributed by atoms with E-state index in [1.807, 2.05) is 0 Å². The molecule has 2 aromatic rings. The van der Waals surface area contributed by atoms with Crippen LogP contribution in [0.5, 0.6) is 0 Å². The second kappa shape index (κ2) is 8.12. The van der Waals surface area contributed by atoms with Gasteiger partial charge >= 0.3 is 0 Å². The maximum atomic E-state index is 13.6. The third kappa shape index (κ3) is 4.79. The van der Waals surface area contributed by atoms with E-state index in [-0.39, 0.29) is 18.3 Å². The highest BCUT2D eigenvalue weighted by atomic mass is 19.1. The smallest absolute Gasteiger partial charge is 0.234 e. The molecule has 1 aliphatic rings. The summed E-state index contributed by atoms with van der Waals surface area (Å²) in [7, 11) is 0. The molecule has 0 unspecified atom stereocenters. The minimum Gasteiger partial charge on any atom is -0.369 e. The Morgan fingerprint density at radius 2 is 1.84 bits per heavy atom. The average molecular weight is 341 g/mol. The molecule has 2 aromatic carbocycles. The largest absolute Gasteiger partial charge is 0.369 e. The van der Waals surface area contributed by atoms with Gasteiger partial charge < -0.3 is 10.2 Å². The summed E-state index contributed by atoms with van der Waals surface area (Å²) in [5, 5.41) is 2.80. The number of nitrogens with zero attached hydrogens (tertiary/aromatic N) is 2. The van der Waals surface area contributed by atoms with Crippen LogP contribution in [-0.2, 0) is 11.3 Å². The van der Waals surface area contributed by atoms with Crippen LogP contribution >= 0.6 is 0 Å². The number of aryl methyl sites for hydroxylation is 1. The number of hydrogen-bond donors (Lipinski definition) is 1. The number of nitrogens with one attached hydrogen (secondary N) is 1. The van der Waals surface area contributed by atoms with E-state index in [2.05, 4.69) is 46.3 Å². The lowest BCUT2D eigenvalue weighted by Gasteiger charge is -2.35. The van der Waals surface area contributed by atoms with Crippen LogP contribution < -0.4 is 10.2 Å². The first-order chi connectivity index (χ1) is 12.1. The van der Waals surface area contributed by atoms with Crippen LogP contribution in [0.2, 0.25) is 0 Å². The zero-order valence-electron chi connectivity index (χ0n) is 14.5. The molecule has 0 aromatic heterocycles. The number of rotatable bonds is 5. The summed E-state index contributed by atoms with van der Waals surface area (Å²) in [5.74, 6) is -0.346. The lowest BCUT2D eigenvalue weighted by molar-refractivity contribution is -0.122. The van der Waals surface area contributed by atoms with Crippen LogP contribution in [0, 0.1) is 12.7 Å². The number of piperazine rings is 1. The van der Waals surface area contributed by atoms with Gasteiger partial charge in [-0.25, -0.2) is 4.39 Å². The van der Waals surface area contributed by atoms with Crippen LogP contribution in [0.1, 0.15) is 11.1 Å². The van der Waals surface area contributed by atoms with Gasteiger partial charge in [-0.15, -0.1) is 0 Å². The molecule has 0 aliphatic carbocycles. The van der Waals surface area contributed by atoms with Gasteiger partial charge in [0.15, 0.2) is 0 Å². The van der Waals surface area contributed by atoms with Crippen molar-refractivity contribution in [1.29, 1.82) is 0 Å². The van der Waals surface area contributed by atoms with Gasteiger partial charge in [-0.1, -0.05) is 30.3 Å². The van der Waals surface area contributed by atoms with E-state index in [1.54, 1.807) is 18.2 Å². The fraction of sp³-hybridized carbons (Fsp3) is 0.350. The van der Waals surface area contributed by atoms with Crippen LogP contribution in [0.3, 0.4) is 0 Å². The monoisotopic (exact) mass is 341 g/mol. The molecule has 0 bridgehead atoms. The Bertz CT molecular complexity index is 726. The molecule has 1 saturated heterocycles. The van der Waals surface area contributed by atoms with E-state index in [9.17, 15) is 9.18 Å². The fourth-order valence-electron chi connectivity index (χ4n) is 3.08. The first kappa shape index (κ1) is 17.4. The fourth-order valence-corrected chi connectivity index (χ4v) is 3.08. The second-order valence-corrected chi connectivity index (χ2v) is 6.47. The Labute approximate surface area is 148 Å². The van der Waals surface area contributed by atoms with Crippen molar-refractivity contribution >= 4 is 11.6 Å². The zero-order valence-corrected chi connectivity index (χ0v) is 14.5. The van der Waals surface area contributed by atoms with Gasteiger partial charge in [0, 0.05) is 44.0 Å². The van der Waals surface area contributed by atoms with E-state index < -0.39 is 0 Å². The van der Waals surface area contributed by atoms with Gasteiger partial charge in [0.1, 0.15) is 5.82 Å². The Morgan fingerprint density at radius 3 is 2.56 bits per heavy atom. The minimum atomic E-state index is -0.283. The summed E-state index contributed by atoms with van der Waals surface area (Å²) in [5.41, 5.74) is 3.01. The van der Waals surface area contributed by atoms with Gasteiger partial charge in [0.25, 0.3) is 0 Å². The number of carbonyl (C=O) groups excluding carboxylic acids is 1. The molecular weight excluding hydrogens is 317 g/mol. The average Bonchev–Trinajstić information content (AvgIpc) is 2.62. The molecule has 4 nitrogen and oxygen atoms in total.